The van der Waals surface area contributed by atoms with Gasteiger partial charge in [-0.15, -0.1) is 0 Å². The highest BCUT2D eigenvalue weighted by Crippen LogP contribution is 2.73. The number of carboxylic acids is 1. The van der Waals surface area contributed by atoms with Gasteiger partial charge in [0.1, 0.15) is 5.60 Å². The second-order valence-electron chi connectivity index (χ2n) is 10.2. The summed E-state index contributed by atoms with van der Waals surface area (Å²) in [6.45, 7) is 10.2. The number of hydrogen-bond donors (Lipinski definition) is 1. The van der Waals surface area contributed by atoms with E-state index in [2.05, 4.69) is 13.5 Å². The van der Waals surface area contributed by atoms with E-state index >= 15 is 0 Å². The SMILES string of the molecule is C=C1C[C@@]23CC[C@H]4[C@@](C)(CCC[C@@]4(C)C(=O)O)[C@@H]2CC[C@]1(OC(C)=O)C3. The van der Waals surface area contributed by atoms with Crippen molar-refractivity contribution in [2.24, 2.45) is 28.1 Å². The maximum atomic E-state index is 12.1. The van der Waals surface area contributed by atoms with Crippen LogP contribution in [0.5, 0.6) is 0 Å². The predicted octanol–water partition coefficient (Wildman–Crippen LogP) is 4.73. The molecule has 0 aliphatic heterocycles. The third-order valence-electron chi connectivity index (χ3n) is 8.95. The first-order valence-corrected chi connectivity index (χ1v) is 10.2. The van der Waals surface area contributed by atoms with Crippen LogP contribution in [0.1, 0.15) is 78.6 Å². The fraction of sp³-hybridized carbons (Fsp3) is 0.818. The van der Waals surface area contributed by atoms with E-state index < -0.39 is 17.0 Å². The Hall–Kier alpha value is -1.32. The van der Waals surface area contributed by atoms with Crippen molar-refractivity contribution in [1.82, 2.24) is 0 Å². The summed E-state index contributed by atoms with van der Waals surface area (Å²) in [6, 6.07) is 0. The van der Waals surface area contributed by atoms with Crippen molar-refractivity contribution in [3.8, 4) is 0 Å². The lowest BCUT2D eigenvalue weighted by Gasteiger charge is -2.63. The van der Waals surface area contributed by atoms with Gasteiger partial charge in [-0.05, 0) is 86.5 Å². The normalized spacial score (nSPS) is 49.9. The minimum Gasteiger partial charge on any atom is -0.481 e. The van der Waals surface area contributed by atoms with Crippen LogP contribution in [0.15, 0.2) is 12.2 Å². The molecule has 4 aliphatic carbocycles. The Morgan fingerprint density at radius 2 is 1.81 bits per heavy atom. The standard InChI is InChI=1S/C22H32O4/c1-14-12-21-10-6-16-19(3,8-5-9-20(16,4)18(24)25)17(21)7-11-22(14,13-21)26-15(2)23/h16-17H,1,5-13H2,2-4H3,(H,24,25)/t16-,17-,19+,20+,21+,22-/m0/s1. The molecule has 4 rings (SSSR count). The van der Waals surface area contributed by atoms with Crippen molar-refractivity contribution in [1.29, 1.82) is 0 Å². The molecule has 0 radical (unpaired) electrons. The molecular formula is C22H32O4. The van der Waals surface area contributed by atoms with Crippen LogP contribution in [0, 0.1) is 28.1 Å². The quantitative estimate of drug-likeness (QED) is 0.571. The minimum atomic E-state index is -0.620. The molecule has 0 aromatic rings. The van der Waals surface area contributed by atoms with Crippen LogP contribution in [-0.2, 0) is 14.3 Å². The van der Waals surface area contributed by atoms with E-state index in [0.717, 1.165) is 63.4 Å². The topological polar surface area (TPSA) is 63.6 Å². The van der Waals surface area contributed by atoms with E-state index in [9.17, 15) is 14.7 Å². The second-order valence-corrected chi connectivity index (χ2v) is 10.2. The van der Waals surface area contributed by atoms with Crippen molar-refractivity contribution >= 4 is 11.9 Å². The molecule has 4 saturated carbocycles. The lowest BCUT2D eigenvalue weighted by Crippen LogP contribution is -2.59. The van der Waals surface area contributed by atoms with Gasteiger partial charge in [0, 0.05) is 6.92 Å². The number of carbonyl (C=O) groups is 2. The Morgan fingerprint density at radius 3 is 2.46 bits per heavy atom. The van der Waals surface area contributed by atoms with Crippen LogP contribution in [-0.4, -0.2) is 22.6 Å². The van der Waals surface area contributed by atoms with Gasteiger partial charge in [-0.2, -0.15) is 0 Å². The highest BCUT2D eigenvalue weighted by molar-refractivity contribution is 5.75. The highest BCUT2D eigenvalue weighted by atomic mass is 16.6. The Bertz CT molecular complexity index is 684. The van der Waals surface area contributed by atoms with Gasteiger partial charge >= 0.3 is 11.9 Å². The number of ether oxygens (including phenoxy) is 1. The van der Waals surface area contributed by atoms with Crippen LogP contribution < -0.4 is 0 Å². The van der Waals surface area contributed by atoms with Crippen molar-refractivity contribution in [2.45, 2.75) is 84.2 Å². The molecule has 0 aromatic heterocycles. The zero-order valence-corrected chi connectivity index (χ0v) is 16.4. The summed E-state index contributed by atoms with van der Waals surface area (Å²) in [5.74, 6) is -0.0782. The first-order valence-electron chi connectivity index (χ1n) is 10.2. The van der Waals surface area contributed by atoms with Crippen LogP contribution in [0.2, 0.25) is 0 Å². The monoisotopic (exact) mass is 360 g/mol. The van der Waals surface area contributed by atoms with Crippen LogP contribution in [0.3, 0.4) is 0 Å². The molecule has 0 aromatic carbocycles. The molecule has 26 heavy (non-hydrogen) atoms. The number of carbonyl (C=O) groups excluding carboxylic acids is 1. The van der Waals surface area contributed by atoms with Gasteiger partial charge in [0.05, 0.1) is 5.41 Å². The van der Waals surface area contributed by atoms with Gasteiger partial charge in [0.2, 0.25) is 0 Å². The molecule has 0 saturated heterocycles. The number of fused-ring (bicyclic) bond motifs is 3. The molecule has 4 heteroatoms. The third kappa shape index (κ3) is 2.13. The Labute approximate surface area is 156 Å². The van der Waals surface area contributed by atoms with Gasteiger partial charge in [0.25, 0.3) is 0 Å². The van der Waals surface area contributed by atoms with Gasteiger partial charge in [0.15, 0.2) is 0 Å². The smallest absolute Gasteiger partial charge is 0.309 e. The molecule has 1 N–H and O–H groups in total. The van der Waals surface area contributed by atoms with Crippen molar-refractivity contribution < 1.29 is 19.4 Å². The molecule has 2 bridgehead atoms. The van der Waals surface area contributed by atoms with Crippen molar-refractivity contribution in [3.63, 3.8) is 0 Å². The lowest BCUT2D eigenvalue weighted by atomic mass is 9.41. The maximum Gasteiger partial charge on any atom is 0.309 e. The Balaban J connectivity index is 1.71. The molecule has 0 unspecified atom stereocenters. The van der Waals surface area contributed by atoms with E-state index in [0.29, 0.717) is 5.92 Å². The summed E-state index contributed by atoms with van der Waals surface area (Å²) in [4.78, 5) is 23.9. The zero-order chi connectivity index (χ0) is 19.0. The molecule has 0 amide bonds. The highest BCUT2D eigenvalue weighted by Gasteiger charge is 2.68. The first-order chi connectivity index (χ1) is 12.1. The van der Waals surface area contributed by atoms with Gasteiger partial charge < -0.3 is 9.84 Å². The van der Waals surface area contributed by atoms with E-state index in [-0.39, 0.29) is 22.7 Å². The molecule has 4 fully saturated rings. The Morgan fingerprint density at radius 1 is 1.12 bits per heavy atom. The molecule has 1 spiro atoms. The third-order valence-corrected chi connectivity index (χ3v) is 8.95. The minimum absolute atomic E-state index is 0.0661. The van der Waals surface area contributed by atoms with E-state index in [1.165, 1.54) is 6.92 Å². The molecular weight excluding hydrogens is 328 g/mol. The summed E-state index contributed by atoms with van der Waals surface area (Å²) in [5.41, 5.74) is 0.239. The number of rotatable bonds is 2. The number of esters is 1. The largest absolute Gasteiger partial charge is 0.481 e. The van der Waals surface area contributed by atoms with E-state index in [1.807, 2.05) is 6.92 Å². The average Bonchev–Trinajstić information content (AvgIpc) is 2.72. The fourth-order valence-corrected chi connectivity index (χ4v) is 8.02. The van der Waals surface area contributed by atoms with Crippen LogP contribution in [0.4, 0.5) is 0 Å². The summed E-state index contributed by atoms with van der Waals surface area (Å²) in [7, 11) is 0. The second kappa shape index (κ2) is 5.36. The molecule has 144 valence electrons. The fourth-order valence-electron chi connectivity index (χ4n) is 8.02. The van der Waals surface area contributed by atoms with Crippen LogP contribution in [0.25, 0.3) is 0 Å². The number of aliphatic carboxylic acids is 1. The van der Waals surface area contributed by atoms with Crippen molar-refractivity contribution in [2.75, 3.05) is 0 Å². The maximum absolute atomic E-state index is 12.1. The van der Waals surface area contributed by atoms with E-state index in [4.69, 9.17) is 4.74 Å². The van der Waals surface area contributed by atoms with Crippen molar-refractivity contribution in [3.05, 3.63) is 12.2 Å². The predicted molar refractivity (Wildman–Crippen MR) is 98.5 cm³/mol. The molecule has 4 nitrogen and oxygen atoms in total. The van der Waals surface area contributed by atoms with Gasteiger partial charge in [-0.25, -0.2) is 0 Å². The molecule has 4 aliphatic rings. The average molecular weight is 360 g/mol. The summed E-state index contributed by atoms with van der Waals surface area (Å²) in [5, 5.41) is 9.99. The molecule has 0 heterocycles. The summed E-state index contributed by atoms with van der Waals surface area (Å²) >= 11 is 0. The van der Waals surface area contributed by atoms with Crippen LogP contribution >= 0.6 is 0 Å². The van der Waals surface area contributed by atoms with Gasteiger partial charge in [-0.1, -0.05) is 19.9 Å². The summed E-state index contributed by atoms with van der Waals surface area (Å²) < 4.78 is 5.84. The first kappa shape index (κ1) is 18.1. The zero-order valence-electron chi connectivity index (χ0n) is 16.4. The number of hydrogen-bond acceptors (Lipinski definition) is 3. The molecule has 6 atom stereocenters. The Kier molecular flexibility index (Phi) is 3.72. The lowest BCUT2D eigenvalue weighted by molar-refractivity contribution is -0.191. The summed E-state index contributed by atoms with van der Waals surface area (Å²) in [6.07, 6.45) is 8.65. The van der Waals surface area contributed by atoms with Gasteiger partial charge in [-0.3, -0.25) is 9.59 Å². The van der Waals surface area contributed by atoms with E-state index in [1.54, 1.807) is 0 Å². The number of carboxylic acid groups (broad SMARTS) is 1.